The molecule has 0 saturated heterocycles. The van der Waals surface area contributed by atoms with Gasteiger partial charge in [0.05, 0.1) is 27.7 Å². The standard InChI is InChI=1S/C86H146NO8P/c1-6-8-10-12-14-16-18-20-22-24-26-28-30-32-34-36-38-40-41-42-43-44-45-47-49-51-53-55-57-59-61-63-65-67-69-71-73-75-77-79-86(89)95-84(83-94-96(90,91)93-81-80-87(3,4)5)82-92-85(88)78-76-74-72-70-68-66-64-62-60-58-56-54-52-50-48-46-39-37-35-33-31-29-27-25-23-21-19-17-15-13-11-9-7-2/h8-11,14-17,20-23,26-29,32-35,38,40,42-43,45,47,84H,6-7,12-13,18-19,24-25,30-31,36-37,39,41,44,46,48-83H2,1-5H3/p+1/b10-8-,11-9-,16-14-,17-15-,22-20-,23-21-,28-26-,29-27-,34-32-,35-33-,40-38-,43-42-,47-45-. The van der Waals surface area contributed by atoms with Gasteiger partial charge in [-0.05, 0) is 122 Å². The monoisotopic (exact) mass is 1350 g/mol. The van der Waals surface area contributed by atoms with E-state index in [1.807, 2.05) is 21.1 Å². The average molecular weight is 1350 g/mol. The lowest BCUT2D eigenvalue weighted by molar-refractivity contribution is -0.870. The summed E-state index contributed by atoms with van der Waals surface area (Å²) in [5, 5.41) is 0. The predicted octanol–water partition coefficient (Wildman–Crippen LogP) is 26.3. The number of quaternary nitrogens is 1. The molecule has 0 heterocycles. The SMILES string of the molecule is CC/C=C\C/C=C\C/C=C\C/C=C\C/C=C\C/C=C\C/C=C\C/C=C\CCCCCCCCCCCCCCCCC(=O)OC(COC(=O)CCCCCCCCCCCCCCCCCCC/C=C\C/C=C\C/C=C\C/C=C\C/C=C\CC)COP(=O)(O)OCC[N+](C)(C)C. The number of phosphoric ester groups is 1. The fourth-order valence-corrected chi connectivity index (χ4v) is 11.4. The van der Waals surface area contributed by atoms with E-state index < -0.39 is 26.5 Å². The predicted molar refractivity (Wildman–Crippen MR) is 417 cm³/mol. The van der Waals surface area contributed by atoms with E-state index in [1.54, 1.807) is 0 Å². The van der Waals surface area contributed by atoms with Crippen LogP contribution >= 0.6 is 7.82 Å². The number of hydrogen-bond acceptors (Lipinski definition) is 7. The molecule has 10 heteroatoms. The molecule has 0 radical (unpaired) electrons. The zero-order chi connectivity index (χ0) is 69.7. The van der Waals surface area contributed by atoms with Gasteiger partial charge < -0.3 is 18.9 Å². The molecule has 0 aromatic carbocycles. The number of esters is 2. The molecule has 0 bridgehead atoms. The number of ether oxygens (including phenoxy) is 2. The molecule has 0 aliphatic rings. The Balaban J connectivity index is 4.01. The number of carbonyl (C=O) groups excluding carboxylic acids is 2. The molecular weight excluding hydrogens is 1210 g/mol. The van der Waals surface area contributed by atoms with E-state index in [9.17, 15) is 19.0 Å². The molecule has 0 amide bonds. The van der Waals surface area contributed by atoms with Crippen molar-refractivity contribution in [2.45, 2.75) is 328 Å². The van der Waals surface area contributed by atoms with Crippen molar-refractivity contribution >= 4 is 19.8 Å². The Labute approximate surface area is 592 Å². The lowest BCUT2D eigenvalue weighted by Gasteiger charge is -2.24. The summed E-state index contributed by atoms with van der Waals surface area (Å²) in [5.41, 5.74) is 0. The fraction of sp³-hybridized carbons (Fsp3) is 0.674. The largest absolute Gasteiger partial charge is 0.472 e. The van der Waals surface area contributed by atoms with Crippen LogP contribution in [0, 0.1) is 0 Å². The van der Waals surface area contributed by atoms with Gasteiger partial charge in [0, 0.05) is 12.8 Å². The number of likely N-dealkylation sites (N-methyl/N-ethyl adjacent to an activating group) is 1. The van der Waals surface area contributed by atoms with Gasteiger partial charge in [-0.25, -0.2) is 4.57 Å². The highest BCUT2D eigenvalue weighted by molar-refractivity contribution is 7.47. The van der Waals surface area contributed by atoms with Gasteiger partial charge in [-0.3, -0.25) is 18.6 Å². The summed E-state index contributed by atoms with van der Waals surface area (Å²) >= 11 is 0. The molecule has 0 aromatic heterocycles. The minimum atomic E-state index is -4.40. The maximum absolute atomic E-state index is 12.9. The van der Waals surface area contributed by atoms with Crippen molar-refractivity contribution in [2.24, 2.45) is 0 Å². The molecule has 0 rings (SSSR count). The van der Waals surface area contributed by atoms with Crippen molar-refractivity contribution in [3.63, 3.8) is 0 Å². The van der Waals surface area contributed by atoms with Crippen LogP contribution in [0.3, 0.4) is 0 Å². The summed E-state index contributed by atoms with van der Waals surface area (Å²) < 4.78 is 34.8. The Kier molecular flexibility index (Phi) is 71.4. The summed E-state index contributed by atoms with van der Waals surface area (Å²) in [5.74, 6) is -0.794. The lowest BCUT2D eigenvalue weighted by Crippen LogP contribution is -2.37. The number of carbonyl (C=O) groups is 2. The normalized spacial score (nSPS) is 13.9. The fourth-order valence-electron chi connectivity index (χ4n) is 10.6. The first-order valence-corrected chi connectivity index (χ1v) is 40.7. The van der Waals surface area contributed by atoms with Crippen molar-refractivity contribution in [3.8, 4) is 0 Å². The van der Waals surface area contributed by atoms with Crippen LogP contribution in [-0.4, -0.2) is 74.9 Å². The number of allylic oxidation sites excluding steroid dienone is 26. The van der Waals surface area contributed by atoms with Gasteiger partial charge in [-0.1, -0.05) is 345 Å². The van der Waals surface area contributed by atoms with Crippen LogP contribution in [0.15, 0.2) is 158 Å². The van der Waals surface area contributed by atoms with Crippen LogP contribution in [0.5, 0.6) is 0 Å². The third-order valence-electron chi connectivity index (χ3n) is 16.6. The first-order valence-electron chi connectivity index (χ1n) is 39.2. The van der Waals surface area contributed by atoms with E-state index in [4.69, 9.17) is 18.5 Å². The molecule has 0 aliphatic heterocycles. The third-order valence-corrected chi connectivity index (χ3v) is 17.5. The smallest absolute Gasteiger partial charge is 0.462 e. The van der Waals surface area contributed by atoms with Crippen LogP contribution in [0.1, 0.15) is 322 Å². The van der Waals surface area contributed by atoms with Crippen molar-refractivity contribution in [2.75, 3.05) is 47.5 Å². The van der Waals surface area contributed by atoms with Crippen LogP contribution in [0.2, 0.25) is 0 Å². The Morgan fingerprint density at radius 2 is 0.562 bits per heavy atom. The lowest BCUT2D eigenvalue weighted by atomic mass is 10.0. The second kappa shape index (κ2) is 74.8. The molecule has 0 fully saturated rings. The van der Waals surface area contributed by atoms with Crippen molar-refractivity contribution in [1.82, 2.24) is 0 Å². The number of rotatable bonds is 71. The van der Waals surface area contributed by atoms with E-state index in [-0.39, 0.29) is 32.0 Å². The Bertz CT molecular complexity index is 2180. The van der Waals surface area contributed by atoms with E-state index >= 15 is 0 Å². The number of phosphoric acid groups is 1. The Morgan fingerprint density at radius 1 is 0.323 bits per heavy atom. The molecule has 0 aliphatic carbocycles. The Hall–Kier alpha value is -4.37. The summed E-state index contributed by atoms with van der Waals surface area (Å²) in [4.78, 5) is 36.0. The number of nitrogens with zero attached hydrogens (tertiary/aromatic N) is 1. The molecular formula is C86H147NO8P+. The molecule has 548 valence electrons. The molecule has 2 atom stereocenters. The Morgan fingerprint density at radius 3 is 0.833 bits per heavy atom. The minimum Gasteiger partial charge on any atom is -0.462 e. The van der Waals surface area contributed by atoms with Gasteiger partial charge in [0.25, 0.3) is 0 Å². The van der Waals surface area contributed by atoms with E-state index in [1.165, 1.54) is 167 Å². The van der Waals surface area contributed by atoms with Crippen LogP contribution < -0.4 is 0 Å². The molecule has 9 nitrogen and oxygen atoms in total. The maximum Gasteiger partial charge on any atom is 0.472 e. The summed E-state index contributed by atoms with van der Waals surface area (Å²) in [6.45, 7) is 4.23. The first-order chi connectivity index (χ1) is 47.0. The summed E-state index contributed by atoms with van der Waals surface area (Å²) in [7, 11) is 1.47. The van der Waals surface area contributed by atoms with Crippen molar-refractivity contribution < 1.29 is 42.1 Å². The molecule has 96 heavy (non-hydrogen) atoms. The van der Waals surface area contributed by atoms with E-state index in [0.717, 1.165) is 122 Å². The number of unbranched alkanes of at least 4 members (excludes halogenated alkanes) is 31. The average Bonchev–Trinajstić information content (AvgIpc) is 1.98. The van der Waals surface area contributed by atoms with Gasteiger partial charge in [-0.2, -0.15) is 0 Å². The van der Waals surface area contributed by atoms with Crippen molar-refractivity contribution in [3.05, 3.63) is 158 Å². The molecule has 0 aromatic rings. The zero-order valence-electron chi connectivity index (χ0n) is 62.6. The van der Waals surface area contributed by atoms with E-state index in [0.29, 0.717) is 17.4 Å². The second-order valence-corrected chi connectivity index (χ2v) is 28.4. The van der Waals surface area contributed by atoms with Crippen LogP contribution in [-0.2, 0) is 32.7 Å². The highest BCUT2D eigenvalue weighted by Gasteiger charge is 2.27. The van der Waals surface area contributed by atoms with Gasteiger partial charge in [-0.15, -0.1) is 0 Å². The van der Waals surface area contributed by atoms with Crippen LogP contribution in [0.25, 0.3) is 0 Å². The van der Waals surface area contributed by atoms with Crippen molar-refractivity contribution in [1.29, 1.82) is 0 Å². The second-order valence-electron chi connectivity index (χ2n) is 27.0. The summed E-state index contributed by atoms with van der Waals surface area (Å²) in [6.07, 6.45) is 112. The van der Waals surface area contributed by atoms with Crippen LogP contribution in [0.4, 0.5) is 0 Å². The maximum atomic E-state index is 12.9. The molecule has 0 saturated carbocycles. The highest BCUT2D eigenvalue weighted by atomic mass is 31.2. The van der Waals surface area contributed by atoms with Gasteiger partial charge >= 0.3 is 19.8 Å². The van der Waals surface area contributed by atoms with Gasteiger partial charge in [0.2, 0.25) is 0 Å². The third kappa shape index (κ3) is 78.6. The highest BCUT2D eigenvalue weighted by Crippen LogP contribution is 2.43. The molecule has 2 unspecified atom stereocenters. The first kappa shape index (κ1) is 91.6. The topological polar surface area (TPSA) is 108 Å². The van der Waals surface area contributed by atoms with Gasteiger partial charge in [0.1, 0.15) is 19.8 Å². The quantitative estimate of drug-likeness (QED) is 0.0211. The minimum absolute atomic E-state index is 0.0269. The van der Waals surface area contributed by atoms with Gasteiger partial charge in [0.15, 0.2) is 6.10 Å². The zero-order valence-corrected chi connectivity index (χ0v) is 63.5. The van der Waals surface area contributed by atoms with E-state index in [2.05, 4.69) is 172 Å². The molecule has 1 N–H and O–H groups in total. The summed E-state index contributed by atoms with van der Waals surface area (Å²) in [6, 6.07) is 0. The molecule has 0 spiro atoms. The number of hydrogen-bond donors (Lipinski definition) is 1.